The molecule has 0 bridgehead atoms. The number of hydrogen-bond acceptors (Lipinski definition) is 8. The summed E-state index contributed by atoms with van der Waals surface area (Å²) in [5.41, 5.74) is 7.84. The molecule has 6 atom stereocenters. The Bertz CT molecular complexity index is 1380. The second kappa shape index (κ2) is 15.6. The quantitative estimate of drug-likeness (QED) is 0.171. The van der Waals surface area contributed by atoms with Gasteiger partial charge in [0.25, 0.3) is 5.91 Å². The summed E-state index contributed by atoms with van der Waals surface area (Å²) < 4.78 is 15.4. The van der Waals surface area contributed by atoms with Gasteiger partial charge in [-0.1, -0.05) is 32.8 Å². The molecule has 8 N–H and O–H groups in total. The largest absolute Gasteiger partial charge is 0.412 e. The van der Waals surface area contributed by atoms with Crippen molar-refractivity contribution < 1.29 is 33.4 Å². The third kappa shape index (κ3) is 7.85. The Balaban J connectivity index is 0.00000117. The fraction of sp³-hybridized carbons (Fsp3) is 0.517. The molecule has 3 unspecified atom stereocenters. The van der Waals surface area contributed by atoms with Crippen LogP contribution in [-0.2, 0) is 14.7 Å². The van der Waals surface area contributed by atoms with Crippen LogP contribution in [0.2, 0.25) is 0 Å². The lowest BCUT2D eigenvalue weighted by atomic mass is 9.99. The number of carbonyl (C=O) groups excluding carboxylic acids is 3. The van der Waals surface area contributed by atoms with Crippen LogP contribution in [0.3, 0.4) is 0 Å². The van der Waals surface area contributed by atoms with E-state index in [0.717, 1.165) is 72.8 Å². The van der Waals surface area contributed by atoms with Gasteiger partial charge in [0, 0.05) is 51.2 Å². The number of carbonyl (C=O) groups is 3. The zero-order valence-electron chi connectivity index (χ0n) is 24.5. The van der Waals surface area contributed by atoms with E-state index in [2.05, 4.69) is 10.6 Å². The molecule has 2 aromatic rings. The van der Waals surface area contributed by atoms with Crippen molar-refractivity contribution in [2.45, 2.75) is 82.1 Å². The zero-order valence-corrected chi connectivity index (χ0v) is 27.2. The molecule has 43 heavy (non-hydrogen) atoms. The summed E-state index contributed by atoms with van der Waals surface area (Å²) in [6.45, 7) is 5.71. The van der Waals surface area contributed by atoms with Crippen molar-refractivity contribution in [2.75, 3.05) is 13.1 Å². The first-order valence-corrected chi connectivity index (χ1v) is 18.5. The third-order valence-corrected chi connectivity index (χ3v) is 13.0. The van der Waals surface area contributed by atoms with E-state index in [1.54, 1.807) is 29.2 Å². The Hall–Kier alpha value is -2.33. The van der Waals surface area contributed by atoms with Crippen LogP contribution < -0.4 is 16.4 Å². The van der Waals surface area contributed by atoms with Gasteiger partial charge in [-0.15, -0.1) is 11.3 Å². The predicted octanol–water partition coefficient (Wildman–Crippen LogP) is 4.99. The number of fused-ring (bicyclic) bond motifs is 2. The van der Waals surface area contributed by atoms with E-state index in [-0.39, 0.29) is 35.9 Å². The first-order chi connectivity index (χ1) is 20.2. The molecule has 1 aromatic carbocycles. The fourth-order valence-corrected chi connectivity index (χ4v) is 9.31. The molecule has 3 fully saturated rings. The number of thiophene rings is 1. The van der Waals surface area contributed by atoms with Crippen molar-refractivity contribution in [2.24, 2.45) is 5.73 Å². The molecule has 4 aliphatic rings. The van der Waals surface area contributed by atoms with E-state index in [1.807, 2.05) is 13.8 Å². The minimum absolute atomic E-state index is 0. The van der Waals surface area contributed by atoms with Crippen LogP contribution in [0, 0.1) is 5.41 Å². The lowest BCUT2D eigenvalue weighted by molar-refractivity contribution is -0.139. The third-order valence-electron chi connectivity index (χ3n) is 7.93. The second-order valence-corrected chi connectivity index (χ2v) is 16.1. The maximum atomic E-state index is 14.6. The predicted molar refractivity (Wildman–Crippen MR) is 180 cm³/mol. The summed E-state index contributed by atoms with van der Waals surface area (Å²) in [7, 11) is -1.66. The Morgan fingerprint density at radius 2 is 2.02 bits per heavy atom. The van der Waals surface area contributed by atoms with E-state index in [9.17, 15) is 23.7 Å². The van der Waals surface area contributed by atoms with Crippen LogP contribution in [-0.4, -0.2) is 70.8 Å². The number of benzene rings is 1. The maximum Gasteiger partial charge on any atom is 0.262 e. The van der Waals surface area contributed by atoms with Crippen molar-refractivity contribution in [3.8, 4) is 0 Å². The van der Waals surface area contributed by atoms with Gasteiger partial charge in [0.15, 0.2) is 0 Å². The molecule has 10 nitrogen and oxygen atoms in total. The average Bonchev–Trinajstić information content (AvgIpc) is 3.33. The van der Waals surface area contributed by atoms with E-state index in [4.69, 9.17) is 11.1 Å². The van der Waals surface area contributed by atoms with E-state index >= 15 is 0 Å². The van der Waals surface area contributed by atoms with Crippen LogP contribution in [0.4, 0.5) is 4.39 Å². The number of aldehydes is 1. The summed E-state index contributed by atoms with van der Waals surface area (Å²) in [5, 5.41) is 12.1. The topological polar surface area (TPSA) is 180 Å². The summed E-state index contributed by atoms with van der Waals surface area (Å²) in [5.74, 6) is -0.491. The molecule has 5 heterocycles. The highest BCUT2D eigenvalue weighted by molar-refractivity contribution is 8.36. The van der Waals surface area contributed by atoms with Crippen molar-refractivity contribution in [1.82, 2.24) is 15.5 Å². The number of alkyl halides is 1. The highest BCUT2D eigenvalue weighted by atomic mass is 32.1. The molecule has 1 aromatic heterocycles. The van der Waals surface area contributed by atoms with Crippen molar-refractivity contribution in [1.29, 1.82) is 5.41 Å². The van der Waals surface area contributed by atoms with Crippen molar-refractivity contribution >= 4 is 61.8 Å². The monoisotopic (exact) mass is 659 g/mol. The SMILES string of the molecule is CC.N=CC1=C(N)CCNC1.O.O=C[C@@H]1CC[C@@H]2CCCC[C@H](NC(=O)c3cc4cc(C5(F)PP5O)ccc4s3)C(=O)N21.[HH].[HH].[HH]. The summed E-state index contributed by atoms with van der Waals surface area (Å²) in [4.78, 5) is 49.4. The fourth-order valence-electron chi connectivity index (χ4n) is 5.60. The zero-order chi connectivity index (χ0) is 30.4. The number of rotatable bonds is 5. The van der Waals surface area contributed by atoms with Gasteiger partial charge >= 0.3 is 0 Å². The number of nitrogens with zero attached hydrogens (tertiary/aromatic N) is 1. The Kier molecular flexibility index (Phi) is 12.8. The van der Waals surface area contributed by atoms with Crippen LogP contribution >= 0.6 is 27.4 Å². The standard InChI is InChI=1S/C21H23FN2O4P2S.C6H11N3.C2H6.H2O.3H2/c22-21(29-30(21)28)13-5-8-17-12(9-13)10-18(31-17)19(26)23-16-4-2-1-3-14-6-7-15(11-25)24(14)20(16)27;7-3-5-4-9-2-1-6(5)8;1-2;;;;/h5,8-11,14-16,28-29H,1-4,6-7H2,(H,23,26);3,7,9H,1-2,4,8H2;1-2H3;1H2;3*1H/t14-,15-,16-,21?,30?;;;;;;/m0....../s1. The molecule has 14 heteroatoms. The van der Waals surface area contributed by atoms with Gasteiger partial charge in [-0.3, -0.25) is 9.59 Å². The summed E-state index contributed by atoms with van der Waals surface area (Å²) >= 11 is 1.30. The normalized spacial score (nSPS) is 28.7. The molecule has 0 saturated carbocycles. The molecular formula is C29H48FN5O5P2S. The number of amides is 2. The van der Waals surface area contributed by atoms with E-state index < -0.39 is 25.1 Å². The van der Waals surface area contributed by atoms with E-state index in [1.165, 1.54) is 17.6 Å². The van der Waals surface area contributed by atoms with E-state index in [0.29, 0.717) is 23.3 Å². The minimum atomic E-state index is -1.60. The second-order valence-electron chi connectivity index (χ2n) is 10.5. The van der Waals surface area contributed by atoms with Gasteiger partial charge in [-0.05, 0) is 64.0 Å². The number of hydrogen-bond donors (Lipinski definition) is 5. The van der Waals surface area contributed by atoms with Gasteiger partial charge in [0.05, 0.1) is 18.8 Å². The van der Waals surface area contributed by atoms with Gasteiger partial charge in [-0.25, -0.2) is 4.39 Å². The highest BCUT2D eigenvalue weighted by Crippen LogP contribution is 2.94. The van der Waals surface area contributed by atoms with Crippen LogP contribution in [0.1, 0.15) is 78.3 Å². The molecule has 6 rings (SSSR count). The number of nitrogens with one attached hydrogen (secondary N) is 3. The molecule has 2 amide bonds. The average molecular weight is 660 g/mol. The molecule has 242 valence electrons. The highest BCUT2D eigenvalue weighted by Gasteiger charge is 2.57. The smallest absolute Gasteiger partial charge is 0.262 e. The molecule has 0 aliphatic carbocycles. The van der Waals surface area contributed by atoms with Gasteiger partial charge < -0.3 is 41.8 Å². The molecule has 0 spiro atoms. The van der Waals surface area contributed by atoms with Crippen LogP contribution in [0.15, 0.2) is 35.5 Å². The molecule has 4 aliphatic heterocycles. The Morgan fingerprint density at radius 3 is 2.65 bits per heavy atom. The van der Waals surface area contributed by atoms with Crippen LogP contribution in [0.5, 0.6) is 0 Å². The first kappa shape index (κ1) is 35.2. The summed E-state index contributed by atoms with van der Waals surface area (Å²) in [6, 6.07) is 5.92. The molecular weight excluding hydrogens is 611 g/mol. The minimum Gasteiger partial charge on any atom is -0.412 e. The number of halogens is 1. The number of nitrogens with two attached hydrogens (primary N) is 1. The Morgan fingerprint density at radius 1 is 1.30 bits per heavy atom. The van der Waals surface area contributed by atoms with Crippen molar-refractivity contribution in [3.63, 3.8) is 0 Å². The lowest BCUT2D eigenvalue weighted by Crippen LogP contribution is -2.53. The van der Waals surface area contributed by atoms with Gasteiger partial charge in [-0.2, -0.15) is 0 Å². The van der Waals surface area contributed by atoms with Gasteiger partial charge in [0.1, 0.15) is 12.3 Å². The summed E-state index contributed by atoms with van der Waals surface area (Å²) in [6.07, 6.45) is 7.85. The molecule has 3 saturated heterocycles. The molecule has 0 radical (unpaired) electrons. The van der Waals surface area contributed by atoms with Gasteiger partial charge in [0.2, 0.25) is 11.1 Å². The van der Waals surface area contributed by atoms with Crippen LogP contribution in [0.25, 0.3) is 10.1 Å². The van der Waals surface area contributed by atoms with Crippen molar-refractivity contribution in [3.05, 3.63) is 46.0 Å². The maximum absolute atomic E-state index is 14.6. The Labute approximate surface area is 262 Å². The lowest BCUT2D eigenvalue weighted by Gasteiger charge is -2.34. The first-order valence-electron chi connectivity index (χ1n) is 14.5.